The lowest BCUT2D eigenvalue weighted by atomic mass is 10.2. The third-order valence-corrected chi connectivity index (χ3v) is 5.45. The van der Waals surface area contributed by atoms with Gasteiger partial charge in [0.25, 0.3) is 5.91 Å². The number of nitrogens with zero attached hydrogens (tertiary/aromatic N) is 3. The van der Waals surface area contributed by atoms with E-state index in [2.05, 4.69) is 22.1 Å². The first-order valence-electron chi connectivity index (χ1n) is 10.8. The van der Waals surface area contributed by atoms with Crippen LogP contribution in [0.4, 0.5) is 0 Å². The fourth-order valence-electron chi connectivity index (χ4n) is 3.78. The highest BCUT2D eigenvalue weighted by Crippen LogP contribution is 2.28. The van der Waals surface area contributed by atoms with Crippen LogP contribution in [0.2, 0.25) is 0 Å². The van der Waals surface area contributed by atoms with Gasteiger partial charge in [0.05, 0.1) is 13.7 Å². The van der Waals surface area contributed by atoms with Gasteiger partial charge in [0, 0.05) is 46.4 Å². The number of ether oxygens (including phenoxy) is 3. The summed E-state index contributed by atoms with van der Waals surface area (Å²) >= 11 is 0. The third-order valence-electron chi connectivity index (χ3n) is 5.45. The molecule has 1 aromatic carbocycles. The smallest absolute Gasteiger partial charge is 0.251 e. The molecule has 1 unspecified atom stereocenters. The van der Waals surface area contributed by atoms with E-state index in [1.807, 2.05) is 23.1 Å². The largest absolute Gasteiger partial charge is 0.493 e. The average molecular weight is 546 g/mol. The Balaban J connectivity index is 0.00000341. The molecule has 0 bridgehead atoms. The highest BCUT2D eigenvalue weighted by Gasteiger charge is 2.30. The number of aliphatic imine (C=N–C) groups is 1. The van der Waals surface area contributed by atoms with E-state index < -0.39 is 0 Å². The van der Waals surface area contributed by atoms with Gasteiger partial charge in [-0.15, -0.1) is 24.0 Å². The first-order chi connectivity index (χ1) is 14.7. The van der Waals surface area contributed by atoms with Gasteiger partial charge in [0.2, 0.25) is 0 Å². The molecule has 0 aromatic heterocycles. The van der Waals surface area contributed by atoms with E-state index in [-0.39, 0.29) is 36.0 Å². The van der Waals surface area contributed by atoms with Gasteiger partial charge in [-0.05, 0) is 37.0 Å². The third kappa shape index (κ3) is 6.86. The first kappa shape index (κ1) is 25.5. The maximum Gasteiger partial charge on any atom is 0.251 e. The topological polar surface area (TPSA) is 75.6 Å². The summed E-state index contributed by atoms with van der Waals surface area (Å²) in [4.78, 5) is 21.1. The number of amides is 1. The van der Waals surface area contributed by atoms with Crippen LogP contribution in [0.15, 0.2) is 23.2 Å². The Morgan fingerprint density at radius 2 is 1.97 bits per heavy atom. The van der Waals surface area contributed by atoms with Crippen molar-refractivity contribution in [1.29, 1.82) is 0 Å². The normalized spacial score (nSPS) is 19.1. The van der Waals surface area contributed by atoms with E-state index in [1.165, 1.54) is 0 Å². The predicted molar refractivity (Wildman–Crippen MR) is 132 cm³/mol. The zero-order chi connectivity index (χ0) is 21.3. The fraction of sp³-hybridized carbons (Fsp3) is 0.636. The Bertz CT molecular complexity index is 732. The molecule has 0 aliphatic carbocycles. The molecule has 2 heterocycles. The molecular formula is C22H35IN4O4. The Kier molecular flexibility index (Phi) is 10.7. The van der Waals surface area contributed by atoms with Gasteiger partial charge >= 0.3 is 0 Å². The van der Waals surface area contributed by atoms with Crippen LogP contribution in [-0.2, 0) is 16.1 Å². The van der Waals surface area contributed by atoms with Crippen LogP contribution in [-0.4, -0.2) is 81.3 Å². The van der Waals surface area contributed by atoms with Crippen LogP contribution in [0.1, 0.15) is 31.7 Å². The number of benzene rings is 1. The number of piperazine rings is 1. The molecule has 1 amide bonds. The van der Waals surface area contributed by atoms with Gasteiger partial charge in [-0.25, -0.2) is 0 Å². The van der Waals surface area contributed by atoms with Gasteiger partial charge in [-0.1, -0.05) is 13.0 Å². The maximum absolute atomic E-state index is 12.5. The molecule has 174 valence electrons. The minimum Gasteiger partial charge on any atom is -0.493 e. The van der Waals surface area contributed by atoms with Crippen LogP contribution >= 0.6 is 24.0 Å². The van der Waals surface area contributed by atoms with Crippen LogP contribution in [0, 0.1) is 0 Å². The summed E-state index contributed by atoms with van der Waals surface area (Å²) in [7, 11) is 3.44. The molecule has 2 fully saturated rings. The number of nitrogens with one attached hydrogen (secondary N) is 1. The van der Waals surface area contributed by atoms with Crippen molar-refractivity contribution in [2.24, 2.45) is 4.99 Å². The van der Waals surface area contributed by atoms with Crippen LogP contribution in [0.3, 0.4) is 0 Å². The lowest BCUT2D eigenvalue weighted by molar-refractivity contribution is -0.142. The zero-order valence-electron chi connectivity index (χ0n) is 18.8. The molecule has 0 spiro atoms. The summed E-state index contributed by atoms with van der Waals surface area (Å²) in [5.74, 6) is 2.47. The quantitative estimate of drug-likeness (QED) is 0.322. The Morgan fingerprint density at radius 1 is 1.23 bits per heavy atom. The van der Waals surface area contributed by atoms with E-state index in [0.717, 1.165) is 55.4 Å². The van der Waals surface area contributed by atoms with Crippen LogP contribution in [0.5, 0.6) is 11.5 Å². The number of carbonyl (C=O) groups excluding carboxylic acids is 1. The zero-order valence-corrected chi connectivity index (χ0v) is 21.1. The lowest BCUT2D eigenvalue weighted by Gasteiger charge is -2.37. The van der Waals surface area contributed by atoms with Crippen molar-refractivity contribution < 1.29 is 19.0 Å². The summed E-state index contributed by atoms with van der Waals surface area (Å²) in [6.07, 6.45) is 2.53. The molecule has 9 heteroatoms. The van der Waals surface area contributed by atoms with Crippen LogP contribution in [0.25, 0.3) is 0 Å². The number of rotatable bonds is 7. The molecular weight excluding hydrogens is 511 g/mol. The van der Waals surface area contributed by atoms with Gasteiger partial charge in [0.15, 0.2) is 17.5 Å². The Labute approximate surface area is 202 Å². The summed E-state index contributed by atoms with van der Waals surface area (Å²) in [5, 5.41) is 3.42. The predicted octanol–water partition coefficient (Wildman–Crippen LogP) is 2.50. The molecule has 1 atom stereocenters. The van der Waals surface area contributed by atoms with Crippen LogP contribution < -0.4 is 14.8 Å². The number of halogens is 1. The molecule has 0 radical (unpaired) electrons. The molecule has 31 heavy (non-hydrogen) atoms. The molecule has 2 aliphatic heterocycles. The number of carbonyl (C=O) groups is 1. The molecule has 0 saturated carbocycles. The standard InChI is InChI=1S/C22H34N4O4.HI/c1-4-13-29-18-8-7-17(15-20(18)28-3)16-24-22(23-2)26-11-9-25(10-12-26)21(27)19-6-5-14-30-19;/h7-8,15,19H,4-6,9-14,16H2,1-3H3,(H,23,24);1H. The van der Waals surface area contributed by atoms with Gasteiger partial charge in [0.1, 0.15) is 6.10 Å². The van der Waals surface area contributed by atoms with Crippen molar-refractivity contribution in [2.75, 3.05) is 53.6 Å². The minimum atomic E-state index is -0.242. The minimum absolute atomic E-state index is 0. The molecule has 1 N–H and O–H groups in total. The number of guanidine groups is 1. The van der Waals surface area contributed by atoms with E-state index in [1.54, 1.807) is 14.2 Å². The second kappa shape index (κ2) is 12.9. The highest BCUT2D eigenvalue weighted by molar-refractivity contribution is 14.0. The second-order valence-corrected chi connectivity index (χ2v) is 7.55. The SMILES string of the molecule is CCCOc1ccc(CNC(=NC)N2CCN(C(=O)C3CCCO3)CC2)cc1OC.I. The monoisotopic (exact) mass is 546 g/mol. The highest BCUT2D eigenvalue weighted by atomic mass is 127. The van der Waals surface area contributed by atoms with E-state index in [9.17, 15) is 4.79 Å². The Morgan fingerprint density at radius 3 is 2.58 bits per heavy atom. The van der Waals surface area contributed by atoms with E-state index in [4.69, 9.17) is 14.2 Å². The number of hydrogen-bond donors (Lipinski definition) is 1. The summed E-state index contributed by atoms with van der Waals surface area (Å²) in [5.41, 5.74) is 1.09. The summed E-state index contributed by atoms with van der Waals surface area (Å²) in [6.45, 7) is 6.97. The second-order valence-electron chi connectivity index (χ2n) is 7.55. The number of hydrogen-bond acceptors (Lipinski definition) is 5. The van der Waals surface area contributed by atoms with E-state index >= 15 is 0 Å². The lowest BCUT2D eigenvalue weighted by Crippen LogP contribution is -2.55. The van der Waals surface area contributed by atoms with Crippen molar-refractivity contribution in [3.8, 4) is 11.5 Å². The summed E-state index contributed by atoms with van der Waals surface area (Å²) < 4.78 is 16.7. The molecule has 1 aromatic rings. The average Bonchev–Trinajstić information content (AvgIpc) is 3.33. The Hall–Kier alpha value is -1.75. The molecule has 2 saturated heterocycles. The molecule has 3 rings (SSSR count). The summed E-state index contributed by atoms with van der Waals surface area (Å²) in [6, 6.07) is 5.97. The number of methoxy groups -OCH3 is 1. The van der Waals surface area contributed by atoms with Gasteiger partial charge in [-0.3, -0.25) is 9.79 Å². The fourth-order valence-corrected chi connectivity index (χ4v) is 3.78. The van der Waals surface area contributed by atoms with Crippen molar-refractivity contribution in [1.82, 2.24) is 15.1 Å². The van der Waals surface area contributed by atoms with Crippen molar-refractivity contribution in [2.45, 2.75) is 38.8 Å². The van der Waals surface area contributed by atoms with Crippen molar-refractivity contribution >= 4 is 35.8 Å². The van der Waals surface area contributed by atoms with Gasteiger partial charge < -0.3 is 29.3 Å². The van der Waals surface area contributed by atoms with Crippen molar-refractivity contribution in [3.05, 3.63) is 23.8 Å². The molecule has 2 aliphatic rings. The maximum atomic E-state index is 12.5. The van der Waals surface area contributed by atoms with Crippen molar-refractivity contribution in [3.63, 3.8) is 0 Å². The first-order valence-corrected chi connectivity index (χ1v) is 10.8. The molecule has 8 nitrogen and oxygen atoms in total. The van der Waals surface area contributed by atoms with E-state index in [0.29, 0.717) is 32.8 Å². The van der Waals surface area contributed by atoms with Gasteiger partial charge in [-0.2, -0.15) is 0 Å².